The Labute approximate surface area is 102 Å². The topological polar surface area (TPSA) is 48.1 Å². The third kappa shape index (κ3) is 1.73. The van der Waals surface area contributed by atoms with Crippen molar-refractivity contribution in [2.24, 2.45) is 5.14 Å². The molecule has 0 radical (unpaired) electrons. The van der Waals surface area contributed by atoms with Crippen LogP contribution in [-0.4, -0.2) is 18.2 Å². The normalized spacial score (nSPS) is 16.1. The van der Waals surface area contributed by atoms with Crippen molar-refractivity contribution < 1.29 is 4.74 Å². The number of aromatic nitrogens is 1. The summed E-state index contributed by atoms with van der Waals surface area (Å²) in [6, 6.07) is 4.21. The van der Waals surface area contributed by atoms with Gasteiger partial charge in [0.15, 0.2) is 0 Å². The van der Waals surface area contributed by atoms with E-state index in [4.69, 9.17) is 14.9 Å². The van der Waals surface area contributed by atoms with E-state index in [1.54, 1.807) is 11.3 Å². The molecule has 0 fully saturated rings. The fourth-order valence-electron chi connectivity index (χ4n) is 1.97. The molecule has 0 unspecified atom stereocenters. The van der Waals surface area contributed by atoms with Crippen LogP contribution < -0.4 is 5.14 Å². The molecule has 1 aliphatic rings. The standard InChI is InChI=1S/C11H12N2OS2/c12-16-8-1-2-9-11-7(8)3-5-14-6-4-10(13-11)15-9/h1-2H,3-6,12H2. The number of ether oxygens (including phenoxy) is 1. The minimum absolute atomic E-state index is 0.761. The highest BCUT2D eigenvalue weighted by Gasteiger charge is 2.14. The molecule has 1 aromatic heterocycles. The van der Waals surface area contributed by atoms with Gasteiger partial charge in [-0.15, -0.1) is 11.3 Å². The molecule has 3 rings (SSSR count). The van der Waals surface area contributed by atoms with Gasteiger partial charge in [-0.05, 0) is 36.1 Å². The molecule has 5 heteroatoms. The van der Waals surface area contributed by atoms with Crippen molar-refractivity contribution >= 4 is 33.5 Å². The highest BCUT2D eigenvalue weighted by Crippen LogP contribution is 2.32. The summed E-state index contributed by atoms with van der Waals surface area (Å²) in [5.74, 6) is 0. The largest absolute Gasteiger partial charge is 0.381 e. The van der Waals surface area contributed by atoms with Crippen LogP contribution in [0, 0.1) is 0 Å². The van der Waals surface area contributed by atoms with Gasteiger partial charge in [-0.25, -0.2) is 4.98 Å². The predicted octanol–water partition coefficient (Wildman–Crippen LogP) is 2.38. The maximum absolute atomic E-state index is 5.69. The van der Waals surface area contributed by atoms with E-state index in [-0.39, 0.29) is 0 Å². The minimum atomic E-state index is 0.761. The highest BCUT2D eigenvalue weighted by atomic mass is 32.2. The van der Waals surface area contributed by atoms with Gasteiger partial charge < -0.3 is 4.74 Å². The third-order valence-electron chi connectivity index (χ3n) is 2.75. The molecule has 2 N–H and O–H groups in total. The number of hydrogen-bond acceptors (Lipinski definition) is 5. The summed E-state index contributed by atoms with van der Waals surface area (Å²) in [5.41, 5.74) is 2.37. The molecule has 2 bridgehead atoms. The first-order valence-electron chi connectivity index (χ1n) is 5.24. The Morgan fingerprint density at radius 3 is 3.06 bits per heavy atom. The van der Waals surface area contributed by atoms with Gasteiger partial charge in [0.05, 0.1) is 28.4 Å². The number of rotatable bonds is 1. The van der Waals surface area contributed by atoms with Gasteiger partial charge in [0, 0.05) is 11.3 Å². The quantitative estimate of drug-likeness (QED) is 0.792. The number of nitrogens with two attached hydrogens (primary N) is 1. The van der Waals surface area contributed by atoms with Crippen LogP contribution in [0.3, 0.4) is 0 Å². The lowest BCUT2D eigenvalue weighted by Gasteiger charge is -2.08. The molecule has 2 aromatic rings. The predicted molar refractivity (Wildman–Crippen MR) is 67.9 cm³/mol. The average molecular weight is 252 g/mol. The zero-order chi connectivity index (χ0) is 11.0. The first kappa shape index (κ1) is 10.5. The molecule has 3 nitrogen and oxygen atoms in total. The van der Waals surface area contributed by atoms with Crippen LogP contribution in [0.4, 0.5) is 0 Å². The van der Waals surface area contributed by atoms with Gasteiger partial charge in [0.2, 0.25) is 0 Å². The highest BCUT2D eigenvalue weighted by molar-refractivity contribution is 7.97. The second-order valence-corrected chi connectivity index (χ2v) is 5.52. The number of hydrogen-bond donors (Lipinski definition) is 1. The molecule has 0 amide bonds. The van der Waals surface area contributed by atoms with Crippen LogP contribution in [0.2, 0.25) is 0 Å². The number of thiazole rings is 1. The monoisotopic (exact) mass is 252 g/mol. The Morgan fingerprint density at radius 1 is 1.31 bits per heavy atom. The summed E-state index contributed by atoms with van der Waals surface area (Å²) >= 11 is 3.06. The number of benzene rings is 1. The molecule has 0 saturated carbocycles. The fraction of sp³-hybridized carbons (Fsp3) is 0.364. The van der Waals surface area contributed by atoms with Gasteiger partial charge in [-0.3, -0.25) is 5.14 Å². The first-order chi connectivity index (χ1) is 7.88. The van der Waals surface area contributed by atoms with Crippen LogP contribution in [0.5, 0.6) is 0 Å². The van der Waals surface area contributed by atoms with Gasteiger partial charge in [0.25, 0.3) is 0 Å². The second-order valence-electron chi connectivity index (χ2n) is 3.73. The molecule has 2 heterocycles. The van der Waals surface area contributed by atoms with E-state index in [1.165, 1.54) is 22.2 Å². The molecule has 0 saturated heterocycles. The Bertz CT molecular complexity index is 524. The summed E-state index contributed by atoms with van der Waals surface area (Å²) in [6.07, 6.45) is 1.82. The second kappa shape index (κ2) is 4.33. The van der Waals surface area contributed by atoms with Crippen LogP contribution in [0.15, 0.2) is 17.0 Å². The van der Waals surface area contributed by atoms with Crippen molar-refractivity contribution in [3.63, 3.8) is 0 Å². The summed E-state index contributed by atoms with van der Waals surface area (Å²) < 4.78 is 6.83. The maximum atomic E-state index is 5.69. The van der Waals surface area contributed by atoms with Crippen LogP contribution in [0.25, 0.3) is 10.2 Å². The van der Waals surface area contributed by atoms with E-state index in [9.17, 15) is 0 Å². The lowest BCUT2D eigenvalue weighted by Crippen LogP contribution is -2.02. The number of nitrogens with zero attached hydrogens (tertiary/aromatic N) is 1. The Hall–Kier alpha value is -0.620. The van der Waals surface area contributed by atoms with Gasteiger partial charge in [-0.2, -0.15) is 0 Å². The fourth-order valence-corrected chi connectivity index (χ4v) is 3.44. The Balaban J connectivity index is 2.24. The van der Waals surface area contributed by atoms with Gasteiger partial charge >= 0.3 is 0 Å². The minimum Gasteiger partial charge on any atom is -0.381 e. The van der Waals surface area contributed by atoms with Crippen LogP contribution >= 0.6 is 23.3 Å². The SMILES string of the molecule is NSc1ccc2sc3nc2c1CCOCC3. The Morgan fingerprint density at radius 2 is 2.19 bits per heavy atom. The zero-order valence-electron chi connectivity index (χ0n) is 8.73. The van der Waals surface area contributed by atoms with E-state index >= 15 is 0 Å². The summed E-state index contributed by atoms with van der Waals surface area (Å²) in [4.78, 5) is 5.81. The lowest BCUT2D eigenvalue weighted by molar-refractivity contribution is 0.140. The molecule has 0 aliphatic carbocycles. The Kier molecular flexibility index (Phi) is 2.85. The van der Waals surface area contributed by atoms with E-state index in [1.807, 2.05) is 0 Å². The first-order valence-corrected chi connectivity index (χ1v) is 6.94. The molecule has 0 atom stereocenters. The van der Waals surface area contributed by atoms with Crippen molar-refractivity contribution in [2.75, 3.05) is 13.2 Å². The van der Waals surface area contributed by atoms with Crippen LogP contribution in [0.1, 0.15) is 10.6 Å². The summed E-state index contributed by atoms with van der Waals surface area (Å²) in [7, 11) is 0. The van der Waals surface area contributed by atoms with Crippen molar-refractivity contribution in [3.05, 3.63) is 22.7 Å². The maximum Gasteiger partial charge on any atom is 0.0961 e. The third-order valence-corrected chi connectivity index (χ3v) is 4.47. The molecular formula is C11H12N2OS2. The molecule has 1 aromatic carbocycles. The van der Waals surface area contributed by atoms with Gasteiger partial charge in [-0.1, -0.05) is 0 Å². The molecular weight excluding hydrogens is 240 g/mol. The molecule has 1 aliphatic heterocycles. The summed E-state index contributed by atoms with van der Waals surface area (Å²) in [6.45, 7) is 1.53. The molecule has 0 spiro atoms. The smallest absolute Gasteiger partial charge is 0.0961 e. The molecule has 16 heavy (non-hydrogen) atoms. The van der Waals surface area contributed by atoms with E-state index in [0.717, 1.165) is 41.5 Å². The van der Waals surface area contributed by atoms with E-state index < -0.39 is 0 Å². The van der Waals surface area contributed by atoms with Crippen molar-refractivity contribution in [1.82, 2.24) is 4.98 Å². The van der Waals surface area contributed by atoms with Crippen molar-refractivity contribution in [3.8, 4) is 0 Å². The van der Waals surface area contributed by atoms with Gasteiger partial charge in [0.1, 0.15) is 0 Å². The average Bonchev–Trinajstić information content (AvgIpc) is 2.73. The van der Waals surface area contributed by atoms with Crippen molar-refractivity contribution in [2.45, 2.75) is 17.7 Å². The van der Waals surface area contributed by atoms with Crippen LogP contribution in [-0.2, 0) is 17.6 Å². The van der Waals surface area contributed by atoms with Crippen molar-refractivity contribution in [1.29, 1.82) is 0 Å². The van der Waals surface area contributed by atoms with E-state index in [0.29, 0.717) is 0 Å². The summed E-state index contributed by atoms with van der Waals surface area (Å²) in [5, 5.41) is 6.85. The number of fused-ring (bicyclic) bond motifs is 1. The molecule has 84 valence electrons. The lowest BCUT2D eigenvalue weighted by atomic mass is 10.1. The van der Waals surface area contributed by atoms with E-state index in [2.05, 4.69) is 12.1 Å². The zero-order valence-corrected chi connectivity index (χ0v) is 10.4.